The van der Waals surface area contributed by atoms with E-state index < -0.39 is 63.8 Å². The lowest BCUT2D eigenvalue weighted by molar-refractivity contribution is -0.154. The lowest BCUT2D eigenvalue weighted by atomic mass is 9.57. The molecule has 1 aromatic carbocycles. The van der Waals surface area contributed by atoms with Crippen LogP contribution in [-0.2, 0) is 36.8 Å². The molecule has 1 saturated carbocycles. The van der Waals surface area contributed by atoms with Gasteiger partial charge in [0.2, 0.25) is 5.78 Å². The second kappa shape index (κ2) is 10.6. The summed E-state index contributed by atoms with van der Waals surface area (Å²) in [5, 5.41) is 46.1. The minimum Gasteiger partial charge on any atom is -0.508 e. The van der Waals surface area contributed by atoms with Gasteiger partial charge < -0.3 is 40.5 Å². The van der Waals surface area contributed by atoms with Gasteiger partial charge >= 0.3 is 0 Å². The fourth-order valence-corrected chi connectivity index (χ4v) is 7.35. The summed E-state index contributed by atoms with van der Waals surface area (Å²) in [6, 6.07) is 0.704. The highest BCUT2D eigenvalue weighted by Gasteiger charge is 2.64. The van der Waals surface area contributed by atoms with E-state index in [-0.39, 0.29) is 36.3 Å². The number of phenols is 1. The molecule has 6 N–H and O–H groups in total. The van der Waals surface area contributed by atoms with Crippen molar-refractivity contribution < 1.29 is 44.3 Å². The highest BCUT2D eigenvalue weighted by Crippen LogP contribution is 2.54. The number of nitrogens with two attached hydrogens (primary N) is 1. The third kappa shape index (κ3) is 4.70. The van der Waals surface area contributed by atoms with Crippen LogP contribution in [0.3, 0.4) is 0 Å². The number of rotatable bonds is 7. The summed E-state index contributed by atoms with van der Waals surface area (Å²) in [4.78, 5) is 44.9. The Morgan fingerprint density at radius 3 is 2.28 bits per heavy atom. The number of likely N-dealkylation sites (N-methyl/N-ethyl adjacent to an activating group) is 2. The van der Waals surface area contributed by atoms with Crippen LogP contribution in [-0.4, -0.2) is 120 Å². The fraction of sp³-hybridized carbons (Fsp3) is 0.567. The minimum atomic E-state index is -2.68. The van der Waals surface area contributed by atoms with Gasteiger partial charge in [-0.05, 0) is 58.5 Å². The molecule has 4 atom stereocenters. The van der Waals surface area contributed by atoms with Gasteiger partial charge in [0.15, 0.2) is 17.2 Å². The molecule has 1 aliphatic heterocycles. The quantitative estimate of drug-likeness (QED) is 0.269. The van der Waals surface area contributed by atoms with Crippen molar-refractivity contribution in [1.82, 2.24) is 9.80 Å². The molecule has 43 heavy (non-hydrogen) atoms. The van der Waals surface area contributed by atoms with Gasteiger partial charge in [0, 0.05) is 43.4 Å². The maximum atomic E-state index is 14.1. The molecular formula is C30H40N4O9. The van der Waals surface area contributed by atoms with E-state index in [0.29, 0.717) is 30.9 Å². The fourth-order valence-electron chi connectivity index (χ4n) is 7.35. The first-order chi connectivity index (χ1) is 20.0. The van der Waals surface area contributed by atoms with Gasteiger partial charge in [0.05, 0.1) is 31.4 Å². The minimum absolute atomic E-state index is 0.0302. The average molecular weight is 601 g/mol. The first-order valence-electron chi connectivity index (χ1n) is 14.2. The number of fused-ring (bicyclic) bond motifs is 3. The Bertz CT molecular complexity index is 1460. The molecule has 1 heterocycles. The molecule has 0 unspecified atom stereocenters. The number of hydrogen-bond acceptors (Lipinski definition) is 12. The number of Topliss-reactive ketones (excluding diaryl/α,β-unsaturated/α-hetero) is 2. The number of anilines is 1. The van der Waals surface area contributed by atoms with Crippen molar-refractivity contribution in [1.29, 1.82) is 0 Å². The predicted octanol–water partition coefficient (Wildman–Crippen LogP) is 0.225. The van der Waals surface area contributed by atoms with Gasteiger partial charge in [-0.3, -0.25) is 24.2 Å². The summed E-state index contributed by atoms with van der Waals surface area (Å²) in [6.07, 6.45) is 0.244. The normalized spacial score (nSPS) is 28.3. The standard InChI is InChI=1S/C30H40N4O9/c1-29(42-7-8-43-29)13-34(6)12-15-11-18(32(2)3)16-9-14-10-17-22(33(4)5)25(37)21(28(31)40)27(39)30(17,41)26(38)19(14)24(36)20(16)23(15)35/h11,14,17,22,35-36,39,41H,7-10,12-13H2,1-6H3,(H2,31,40)/t14-,17-,22-,30-/m0/s1. The SMILES string of the molecule is CN(Cc1cc(N(C)C)c2c(c1O)C(O)=C1C(=O)[C@]3(O)C(O)=C(C(N)=O)C(=O)[C@@H](N(C)C)[C@@H]3C[C@@H]1C2)CC1(C)OCCO1. The zero-order chi connectivity index (χ0) is 31.8. The van der Waals surface area contributed by atoms with Crippen LogP contribution in [0.2, 0.25) is 0 Å². The maximum Gasteiger partial charge on any atom is 0.255 e. The van der Waals surface area contributed by atoms with Crippen molar-refractivity contribution in [2.45, 2.75) is 43.7 Å². The van der Waals surface area contributed by atoms with E-state index in [0.717, 1.165) is 5.69 Å². The van der Waals surface area contributed by atoms with Crippen molar-refractivity contribution >= 4 is 28.9 Å². The second-order valence-electron chi connectivity index (χ2n) is 12.6. The second-order valence-corrected chi connectivity index (χ2v) is 12.6. The number of amides is 1. The Morgan fingerprint density at radius 2 is 1.72 bits per heavy atom. The topological polar surface area (TPSA) is 186 Å². The number of benzene rings is 1. The van der Waals surface area contributed by atoms with Crippen LogP contribution in [0.25, 0.3) is 5.76 Å². The summed E-state index contributed by atoms with van der Waals surface area (Å²) in [5.74, 6) is -7.52. The number of ether oxygens (including phenoxy) is 2. The zero-order valence-electron chi connectivity index (χ0n) is 25.3. The summed E-state index contributed by atoms with van der Waals surface area (Å²) in [5.41, 5.74) is 3.56. The van der Waals surface area contributed by atoms with Crippen LogP contribution < -0.4 is 10.6 Å². The number of primary amides is 1. The Hall–Kier alpha value is -3.49. The highest BCUT2D eigenvalue weighted by molar-refractivity contribution is 6.24. The number of aliphatic hydroxyl groups excluding tert-OH is 2. The average Bonchev–Trinajstić information content (AvgIpc) is 3.32. The summed E-state index contributed by atoms with van der Waals surface area (Å²) in [6.45, 7) is 3.47. The van der Waals surface area contributed by atoms with Gasteiger partial charge in [-0.1, -0.05) is 0 Å². The van der Waals surface area contributed by atoms with Gasteiger partial charge in [-0.15, -0.1) is 0 Å². The molecule has 0 radical (unpaired) electrons. The van der Waals surface area contributed by atoms with Crippen molar-refractivity contribution in [3.63, 3.8) is 0 Å². The molecule has 234 valence electrons. The molecule has 0 aromatic heterocycles. The van der Waals surface area contributed by atoms with E-state index in [9.17, 15) is 34.8 Å². The molecule has 1 amide bonds. The molecule has 0 spiro atoms. The molecular weight excluding hydrogens is 560 g/mol. The first-order valence-corrected chi connectivity index (χ1v) is 14.2. The molecule has 5 rings (SSSR count). The van der Waals surface area contributed by atoms with Crippen LogP contribution in [0, 0.1) is 11.8 Å². The van der Waals surface area contributed by atoms with Gasteiger partial charge in [0.1, 0.15) is 22.8 Å². The van der Waals surface area contributed by atoms with Crippen molar-refractivity contribution in [2.24, 2.45) is 17.6 Å². The van der Waals surface area contributed by atoms with Crippen LogP contribution in [0.4, 0.5) is 5.69 Å². The monoisotopic (exact) mass is 600 g/mol. The largest absolute Gasteiger partial charge is 0.508 e. The van der Waals surface area contributed by atoms with Gasteiger partial charge in [0.25, 0.3) is 5.91 Å². The Morgan fingerprint density at radius 1 is 1.09 bits per heavy atom. The van der Waals surface area contributed by atoms with E-state index >= 15 is 0 Å². The zero-order valence-corrected chi connectivity index (χ0v) is 25.3. The van der Waals surface area contributed by atoms with E-state index in [1.165, 1.54) is 4.90 Å². The van der Waals surface area contributed by atoms with E-state index in [1.54, 1.807) is 14.1 Å². The van der Waals surface area contributed by atoms with Crippen molar-refractivity contribution in [3.05, 3.63) is 39.7 Å². The van der Waals surface area contributed by atoms with Crippen molar-refractivity contribution in [2.75, 3.05) is 59.9 Å². The maximum absolute atomic E-state index is 14.1. The molecule has 3 aliphatic carbocycles. The third-order valence-corrected chi connectivity index (χ3v) is 9.15. The molecule has 13 nitrogen and oxygen atoms in total. The predicted molar refractivity (Wildman–Crippen MR) is 155 cm³/mol. The van der Waals surface area contributed by atoms with Crippen molar-refractivity contribution in [3.8, 4) is 5.75 Å². The Labute approximate surface area is 249 Å². The summed E-state index contributed by atoms with van der Waals surface area (Å²) < 4.78 is 11.4. The number of hydrogen-bond donors (Lipinski definition) is 5. The molecule has 2 fully saturated rings. The molecule has 0 bridgehead atoms. The van der Waals surface area contributed by atoms with Gasteiger partial charge in [-0.25, -0.2) is 0 Å². The number of carbonyl (C=O) groups is 3. The summed E-state index contributed by atoms with van der Waals surface area (Å²) >= 11 is 0. The van der Waals surface area contributed by atoms with Crippen LogP contribution >= 0.6 is 0 Å². The summed E-state index contributed by atoms with van der Waals surface area (Å²) in [7, 11) is 8.65. The first kappa shape index (κ1) is 31.0. The molecule has 1 saturated heterocycles. The van der Waals surface area contributed by atoms with Crippen LogP contribution in [0.1, 0.15) is 30.0 Å². The third-order valence-electron chi connectivity index (χ3n) is 9.15. The van der Waals surface area contributed by atoms with Crippen LogP contribution in [0.15, 0.2) is 23.0 Å². The van der Waals surface area contributed by atoms with E-state index in [1.807, 2.05) is 43.9 Å². The highest BCUT2D eigenvalue weighted by atomic mass is 16.7. The molecule has 4 aliphatic rings. The lowest BCUT2D eigenvalue weighted by Crippen LogP contribution is -2.65. The smallest absolute Gasteiger partial charge is 0.255 e. The van der Waals surface area contributed by atoms with E-state index in [4.69, 9.17) is 15.2 Å². The number of aromatic hydroxyl groups is 1. The number of aliphatic hydroxyl groups is 3. The number of phenolic OH excluding ortho intramolecular Hbond substituents is 1. The number of carbonyl (C=O) groups excluding carboxylic acids is 3. The Balaban J connectivity index is 1.64. The molecule has 1 aromatic rings. The van der Waals surface area contributed by atoms with Crippen LogP contribution in [0.5, 0.6) is 5.75 Å². The Kier molecular flexibility index (Phi) is 7.63. The van der Waals surface area contributed by atoms with Gasteiger partial charge in [-0.2, -0.15) is 0 Å². The molecule has 13 heteroatoms. The lowest BCUT2D eigenvalue weighted by Gasteiger charge is -2.50. The number of ketones is 2. The number of nitrogens with zero attached hydrogens (tertiary/aromatic N) is 3. The van der Waals surface area contributed by atoms with E-state index in [2.05, 4.69) is 0 Å².